The molecule has 0 aliphatic rings. The maximum absolute atomic E-state index is 12.0. The van der Waals surface area contributed by atoms with Crippen LogP contribution in [0.1, 0.15) is 21.6 Å². The van der Waals surface area contributed by atoms with Crippen LogP contribution in [0.4, 0.5) is 0 Å². The molecular weight excluding hydrogens is 258 g/mol. The van der Waals surface area contributed by atoms with Gasteiger partial charge in [-0.3, -0.25) is 9.20 Å². The molecule has 0 aliphatic carbocycles. The summed E-state index contributed by atoms with van der Waals surface area (Å²) in [7, 11) is 0. The molecule has 0 saturated carbocycles. The molecule has 2 aromatic heterocycles. The van der Waals surface area contributed by atoms with Crippen molar-refractivity contribution < 1.29 is 4.79 Å². The first kappa shape index (κ1) is 11.9. The Morgan fingerprint density at radius 2 is 2.37 bits per heavy atom. The Morgan fingerprint density at radius 1 is 1.47 bits per heavy atom. The number of hydrogen-bond acceptors (Lipinski definition) is 3. The Labute approximate surface area is 114 Å². The van der Waals surface area contributed by atoms with E-state index >= 15 is 0 Å². The summed E-state index contributed by atoms with van der Waals surface area (Å²) < 4.78 is 1.99. The quantitative estimate of drug-likeness (QED) is 0.796. The van der Waals surface area contributed by atoms with Gasteiger partial charge in [-0.25, -0.2) is 4.98 Å². The minimum absolute atomic E-state index is 0.0526. The fraction of sp³-hybridized carbons (Fsp3) is 0.143. The highest BCUT2D eigenvalue weighted by Crippen LogP contribution is 2.14. The lowest BCUT2D eigenvalue weighted by molar-refractivity contribution is 0.0950. The molecule has 0 aliphatic heterocycles. The fourth-order valence-electron chi connectivity index (χ4n) is 1.96. The van der Waals surface area contributed by atoms with Crippen LogP contribution in [0.25, 0.3) is 4.96 Å². The summed E-state index contributed by atoms with van der Waals surface area (Å²) in [6.07, 6.45) is 3.66. The van der Waals surface area contributed by atoms with Crippen molar-refractivity contribution in [1.82, 2.24) is 14.7 Å². The van der Waals surface area contributed by atoms with Gasteiger partial charge < -0.3 is 5.32 Å². The van der Waals surface area contributed by atoms with Crippen LogP contribution >= 0.6 is 11.3 Å². The zero-order valence-electron chi connectivity index (χ0n) is 10.5. The SMILES string of the molecule is Cc1cccc(C(=O)NCc2csc3nccn23)c1. The van der Waals surface area contributed by atoms with Gasteiger partial charge in [-0.2, -0.15) is 0 Å². The van der Waals surface area contributed by atoms with Gasteiger partial charge in [-0.05, 0) is 19.1 Å². The number of aryl methyl sites for hydroxylation is 1. The second-order valence-corrected chi connectivity index (χ2v) is 5.20. The number of aromatic nitrogens is 2. The second kappa shape index (κ2) is 4.85. The van der Waals surface area contributed by atoms with Gasteiger partial charge in [0.05, 0.1) is 12.2 Å². The average molecular weight is 271 g/mol. The van der Waals surface area contributed by atoms with E-state index in [2.05, 4.69) is 10.3 Å². The molecule has 0 unspecified atom stereocenters. The maximum atomic E-state index is 12.0. The van der Waals surface area contributed by atoms with Gasteiger partial charge in [0.15, 0.2) is 4.96 Å². The van der Waals surface area contributed by atoms with E-state index in [4.69, 9.17) is 0 Å². The number of benzene rings is 1. The molecule has 0 bridgehead atoms. The van der Waals surface area contributed by atoms with Crippen LogP contribution in [0.15, 0.2) is 42.0 Å². The number of amides is 1. The lowest BCUT2D eigenvalue weighted by atomic mass is 10.1. The molecule has 3 rings (SSSR count). The van der Waals surface area contributed by atoms with Crippen molar-refractivity contribution >= 4 is 22.2 Å². The first-order valence-electron chi connectivity index (χ1n) is 5.98. The van der Waals surface area contributed by atoms with Crippen molar-refractivity contribution in [2.24, 2.45) is 0 Å². The van der Waals surface area contributed by atoms with Gasteiger partial charge in [-0.1, -0.05) is 17.7 Å². The van der Waals surface area contributed by atoms with E-state index in [1.165, 1.54) is 0 Å². The Bertz CT molecular complexity index is 729. The molecular formula is C14H13N3OS. The summed E-state index contributed by atoms with van der Waals surface area (Å²) in [5, 5.41) is 4.94. The van der Waals surface area contributed by atoms with E-state index in [1.807, 2.05) is 47.2 Å². The van der Waals surface area contributed by atoms with Crippen LogP contribution in [-0.4, -0.2) is 15.3 Å². The fourth-order valence-corrected chi connectivity index (χ4v) is 2.81. The zero-order valence-corrected chi connectivity index (χ0v) is 11.3. The topological polar surface area (TPSA) is 46.4 Å². The Morgan fingerprint density at radius 3 is 3.21 bits per heavy atom. The average Bonchev–Trinajstić information content (AvgIpc) is 2.99. The normalized spacial score (nSPS) is 10.8. The largest absolute Gasteiger partial charge is 0.346 e. The van der Waals surface area contributed by atoms with Gasteiger partial charge in [0, 0.05) is 23.3 Å². The highest BCUT2D eigenvalue weighted by Gasteiger charge is 2.08. The van der Waals surface area contributed by atoms with E-state index < -0.39 is 0 Å². The van der Waals surface area contributed by atoms with Crippen molar-refractivity contribution in [1.29, 1.82) is 0 Å². The predicted octanol–water partition coefficient (Wildman–Crippen LogP) is 2.63. The standard InChI is InChI=1S/C14H13N3OS/c1-10-3-2-4-11(7-10)13(18)16-8-12-9-19-14-15-5-6-17(12)14/h2-7,9H,8H2,1H3,(H,16,18). The number of nitrogens with zero attached hydrogens (tertiary/aromatic N) is 2. The molecule has 0 radical (unpaired) electrons. The van der Waals surface area contributed by atoms with Gasteiger partial charge in [-0.15, -0.1) is 11.3 Å². The second-order valence-electron chi connectivity index (χ2n) is 4.36. The third-order valence-corrected chi connectivity index (χ3v) is 3.83. The summed E-state index contributed by atoms with van der Waals surface area (Å²) >= 11 is 1.57. The summed E-state index contributed by atoms with van der Waals surface area (Å²) in [5.41, 5.74) is 2.82. The van der Waals surface area contributed by atoms with E-state index in [0.29, 0.717) is 12.1 Å². The van der Waals surface area contributed by atoms with Crippen LogP contribution in [0.3, 0.4) is 0 Å². The van der Waals surface area contributed by atoms with Crippen LogP contribution in [0.2, 0.25) is 0 Å². The van der Waals surface area contributed by atoms with Crippen LogP contribution < -0.4 is 5.32 Å². The number of nitrogens with one attached hydrogen (secondary N) is 1. The molecule has 0 atom stereocenters. The Kier molecular flexibility index (Phi) is 3.05. The Hall–Kier alpha value is -2.14. The molecule has 96 valence electrons. The van der Waals surface area contributed by atoms with E-state index in [1.54, 1.807) is 17.5 Å². The number of fused-ring (bicyclic) bond motifs is 1. The highest BCUT2D eigenvalue weighted by atomic mass is 32.1. The first-order chi connectivity index (χ1) is 9.24. The van der Waals surface area contributed by atoms with Crippen LogP contribution in [-0.2, 0) is 6.54 Å². The summed E-state index contributed by atoms with van der Waals surface area (Å²) in [6, 6.07) is 7.58. The number of hydrogen-bond donors (Lipinski definition) is 1. The van der Waals surface area contributed by atoms with Crippen LogP contribution in [0, 0.1) is 6.92 Å². The first-order valence-corrected chi connectivity index (χ1v) is 6.86. The van der Waals surface area contributed by atoms with E-state index in [0.717, 1.165) is 16.2 Å². The molecule has 2 heterocycles. The minimum atomic E-state index is -0.0526. The zero-order chi connectivity index (χ0) is 13.2. The summed E-state index contributed by atoms with van der Waals surface area (Å²) in [6.45, 7) is 2.48. The summed E-state index contributed by atoms with van der Waals surface area (Å²) in [5.74, 6) is -0.0526. The number of carbonyl (C=O) groups excluding carboxylic acids is 1. The lowest BCUT2D eigenvalue weighted by Gasteiger charge is -2.05. The van der Waals surface area contributed by atoms with Crippen molar-refractivity contribution in [3.05, 3.63) is 58.9 Å². The molecule has 1 aromatic carbocycles. The van der Waals surface area contributed by atoms with Gasteiger partial charge >= 0.3 is 0 Å². The van der Waals surface area contributed by atoms with E-state index in [9.17, 15) is 4.79 Å². The maximum Gasteiger partial charge on any atom is 0.251 e. The summed E-state index contributed by atoms with van der Waals surface area (Å²) in [4.78, 5) is 17.2. The smallest absolute Gasteiger partial charge is 0.251 e. The third kappa shape index (κ3) is 2.37. The molecule has 1 amide bonds. The molecule has 3 aromatic rings. The van der Waals surface area contributed by atoms with Crippen molar-refractivity contribution in [2.45, 2.75) is 13.5 Å². The monoisotopic (exact) mass is 271 g/mol. The van der Waals surface area contributed by atoms with Gasteiger partial charge in [0.1, 0.15) is 0 Å². The van der Waals surface area contributed by atoms with Crippen molar-refractivity contribution in [3.63, 3.8) is 0 Å². The minimum Gasteiger partial charge on any atom is -0.346 e. The molecule has 5 heteroatoms. The van der Waals surface area contributed by atoms with Crippen molar-refractivity contribution in [2.75, 3.05) is 0 Å². The van der Waals surface area contributed by atoms with Gasteiger partial charge in [0.25, 0.3) is 5.91 Å². The molecule has 0 saturated heterocycles. The van der Waals surface area contributed by atoms with E-state index in [-0.39, 0.29) is 5.91 Å². The van der Waals surface area contributed by atoms with Gasteiger partial charge in [0.2, 0.25) is 0 Å². The number of thiazole rings is 1. The van der Waals surface area contributed by atoms with Crippen LogP contribution in [0.5, 0.6) is 0 Å². The number of rotatable bonds is 3. The van der Waals surface area contributed by atoms with Crippen molar-refractivity contribution in [3.8, 4) is 0 Å². The number of imidazole rings is 1. The molecule has 19 heavy (non-hydrogen) atoms. The predicted molar refractivity (Wildman–Crippen MR) is 75.4 cm³/mol. The highest BCUT2D eigenvalue weighted by molar-refractivity contribution is 7.15. The molecule has 0 fully saturated rings. The molecule has 0 spiro atoms. The lowest BCUT2D eigenvalue weighted by Crippen LogP contribution is -2.23. The Balaban J connectivity index is 1.73. The number of carbonyl (C=O) groups is 1. The molecule has 4 nitrogen and oxygen atoms in total. The molecule has 1 N–H and O–H groups in total. The third-order valence-electron chi connectivity index (χ3n) is 2.93.